The van der Waals surface area contributed by atoms with Gasteiger partial charge in [0.25, 0.3) is 5.91 Å². The van der Waals surface area contributed by atoms with Gasteiger partial charge in [0.1, 0.15) is 5.82 Å². The second-order valence-electron chi connectivity index (χ2n) is 3.89. The van der Waals surface area contributed by atoms with Gasteiger partial charge >= 0.3 is 5.51 Å². The first-order chi connectivity index (χ1) is 9.35. The number of hydrogen-bond donors (Lipinski definition) is 2. The number of nitrogens with one attached hydrogen (secondary N) is 2. The molecule has 1 amide bonds. The average molecular weight is 307 g/mol. The van der Waals surface area contributed by atoms with Crippen molar-refractivity contribution in [1.82, 2.24) is 10.3 Å². The SMILES string of the molecule is CCc1cc(C(=O)NCCSC(F)(F)F)cc(NC)n1. The van der Waals surface area contributed by atoms with E-state index in [-0.39, 0.29) is 24.1 Å². The molecule has 112 valence electrons. The molecule has 0 saturated carbocycles. The molecule has 1 aromatic heterocycles. The molecule has 0 spiro atoms. The first-order valence-corrected chi connectivity index (χ1v) is 7.02. The highest BCUT2D eigenvalue weighted by atomic mass is 32.2. The van der Waals surface area contributed by atoms with Gasteiger partial charge in [-0.25, -0.2) is 4.98 Å². The zero-order valence-corrected chi connectivity index (χ0v) is 12.0. The number of anilines is 1. The molecule has 1 aromatic rings. The molecule has 0 aliphatic carbocycles. The third-order valence-corrected chi connectivity index (χ3v) is 3.15. The summed E-state index contributed by atoms with van der Waals surface area (Å²) in [6, 6.07) is 3.19. The van der Waals surface area contributed by atoms with E-state index >= 15 is 0 Å². The van der Waals surface area contributed by atoms with E-state index in [0.29, 0.717) is 17.8 Å². The molecule has 1 heterocycles. The largest absolute Gasteiger partial charge is 0.441 e. The van der Waals surface area contributed by atoms with Gasteiger partial charge in [0.2, 0.25) is 0 Å². The van der Waals surface area contributed by atoms with E-state index in [1.54, 1.807) is 19.2 Å². The number of alkyl halides is 3. The highest BCUT2D eigenvalue weighted by Gasteiger charge is 2.27. The molecule has 0 bridgehead atoms. The Bertz CT molecular complexity index is 444. The number of thioether (sulfide) groups is 1. The van der Waals surface area contributed by atoms with Gasteiger partial charge in [-0.1, -0.05) is 6.92 Å². The molecule has 0 saturated heterocycles. The molecule has 4 nitrogen and oxygen atoms in total. The van der Waals surface area contributed by atoms with Crippen LogP contribution >= 0.6 is 11.8 Å². The Labute approximate surface area is 119 Å². The van der Waals surface area contributed by atoms with E-state index in [2.05, 4.69) is 15.6 Å². The van der Waals surface area contributed by atoms with Crippen molar-refractivity contribution in [2.45, 2.75) is 18.9 Å². The number of aromatic nitrogens is 1. The zero-order valence-electron chi connectivity index (χ0n) is 11.2. The number of pyridine rings is 1. The van der Waals surface area contributed by atoms with Crippen LogP contribution in [0.3, 0.4) is 0 Å². The maximum Gasteiger partial charge on any atom is 0.441 e. The molecular formula is C12H16F3N3OS. The predicted molar refractivity (Wildman–Crippen MR) is 74.0 cm³/mol. The molecule has 0 fully saturated rings. The van der Waals surface area contributed by atoms with Crippen molar-refractivity contribution >= 4 is 23.5 Å². The summed E-state index contributed by atoms with van der Waals surface area (Å²) in [6.45, 7) is 1.87. The number of hydrogen-bond acceptors (Lipinski definition) is 4. The molecule has 0 radical (unpaired) electrons. The van der Waals surface area contributed by atoms with Gasteiger partial charge in [0, 0.05) is 30.6 Å². The zero-order chi connectivity index (χ0) is 15.2. The second kappa shape index (κ2) is 7.37. The Balaban J connectivity index is 2.59. The Morgan fingerprint density at radius 2 is 2.10 bits per heavy atom. The van der Waals surface area contributed by atoms with E-state index in [9.17, 15) is 18.0 Å². The van der Waals surface area contributed by atoms with Crippen LogP contribution in [0.2, 0.25) is 0 Å². The monoisotopic (exact) mass is 307 g/mol. The maximum atomic E-state index is 11.9. The fourth-order valence-corrected chi connectivity index (χ4v) is 1.90. The standard InChI is InChI=1S/C12H16F3N3OS/c1-3-9-6-8(7-10(16-2)18-9)11(19)17-4-5-20-12(13,14)15/h6-7H,3-5H2,1-2H3,(H,16,18)(H,17,19). The number of aryl methyl sites for hydroxylation is 1. The van der Waals surface area contributed by atoms with Crippen LogP contribution in [0, 0.1) is 0 Å². The summed E-state index contributed by atoms with van der Waals surface area (Å²) in [5.74, 6) is -0.0552. The van der Waals surface area contributed by atoms with Crippen molar-refractivity contribution in [2.75, 3.05) is 24.7 Å². The highest BCUT2D eigenvalue weighted by molar-refractivity contribution is 8.00. The third kappa shape index (κ3) is 5.68. The lowest BCUT2D eigenvalue weighted by Gasteiger charge is -2.09. The van der Waals surface area contributed by atoms with Gasteiger partial charge in [-0.3, -0.25) is 4.79 Å². The smallest absolute Gasteiger partial charge is 0.373 e. The minimum absolute atomic E-state index is 0.0400. The number of carbonyl (C=O) groups excluding carboxylic acids is 1. The average Bonchev–Trinajstić information content (AvgIpc) is 2.41. The molecule has 1 rings (SSSR count). The first kappa shape index (κ1) is 16.6. The van der Waals surface area contributed by atoms with Crippen molar-refractivity contribution in [3.8, 4) is 0 Å². The molecule has 0 aliphatic heterocycles. The fourth-order valence-electron chi connectivity index (χ4n) is 1.46. The van der Waals surface area contributed by atoms with Crippen LogP contribution in [0.25, 0.3) is 0 Å². The quantitative estimate of drug-likeness (QED) is 0.793. The van der Waals surface area contributed by atoms with E-state index in [0.717, 1.165) is 5.69 Å². The van der Waals surface area contributed by atoms with Gasteiger partial charge < -0.3 is 10.6 Å². The minimum Gasteiger partial charge on any atom is -0.373 e. The van der Waals surface area contributed by atoms with Crippen molar-refractivity contribution in [1.29, 1.82) is 0 Å². The van der Waals surface area contributed by atoms with Crippen molar-refractivity contribution in [2.24, 2.45) is 0 Å². The van der Waals surface area contributed by atoms with Crippen LogP contribution in [0.5, 0.6) is 0 Å². The summed E-state index contributed by atoms with van der Waals surface area (Å²) in [6.07, 6.45) is 0.666. The molecule has 0 unspecified atom stereocenters. The van der Waals surface area contributed by atoms with Crippen molar-refractivity contribution < 1.29 is 18.0 Å². The molecule has 20 heavy (non-hydrogen) atoms. The normalized spacial score (nSPS) is 11.2. The molecule has 0 aromatic carbocycles. The van der Waals surface area contributed by atoms with Crippen molar-refractivity contribution in [3.63, 3.8) is 0 Å². The summed E-state index contributed by atoms with van der Waals surface area (Å²) in [5, 5.41) is 5.30. The number of amides is 1. The maximum absolute atomic E-state index is 11.9. The predicted octanol–water partition coefficient (Wildman–Crippen LogP) is 2.67. The van der Waals surface area contributed by atoms with E-state index < -0.39 is 11.4 Å². The summed E-state index contributed by atoms with van der Waals surface area (Å²) in [7, 11) is 1.68. The van der Waals surface area contributed by atoms with Crippen LogP contribution in [0.15, 0.2) is 12.1 Å². The second-order valence-corrected chi connectivity index (χ2v) is 5.05. The van der Waals surface area contributed by atoms with Crippen LogP contribution in [0.4, 0.5) is 19.0 Å². The summed E-state index contributed by atoms with van der Waals surface area (Å²) in [5.41, 5.74) is -3.14. The summed E-state index contributed by atoms with van der Waals surface area (Å²) < 4.78 is 35.8. The van der Waals surface area contributed by atoms with Gasteiger partial charge in [-0.2, -0.15) is 13.2 Å². The first-order valence-electron chi connectivity index (χ1n) is 6.03. The Morgan fingerprint density at radius 1 is 1.40 bits per heavy atom. The van der Waals surface area contributed by atoms with E-state index in [4.69, 9.17) is 0 Å². The van der Waals surface area contributed by atoms with Gasteiger partial charge in [0.15, 0.2) is 0 Å². The van der Waals surface area contributed by atoms with Crippen LogP contribution in [-0.4, -0.2) is 35.7 Å². The number of halogens is 3. The van der Waals surface area contributed by atoms with Gasteiger partial charge in [0.05, 0.1) is 0 Å². The molecule has 8 heteroatoms. The van der Waals surface area contributed by atoms with Crippen molar-refractivity contribution in [3.05, 3.63) is 23.4 Å². The highest BCUT2D eigenvalue weighted by Crippen LogP contribution is 2.29. The third-order valence-electron chi connectivity index (χ3n) is 2.41. The molecular weight excluding hydrogens is 291 g/mol. The Kier molecular flexibility index (Phi) is 6.12. The summed E-state index contributed by atoms with van der Waals surface area (Å²) >= 11 is -0.153. The molecule has 0 atom stereocenters. The minimum atomic E-state index is -4.27. The lowest BCUT2D eigenvalue weighted by Crippen LogP contribution is -2.26. The lowest BCUT2D eigenvalue weighted by molar-refractivity contribution is -0.0327. The van der Waals surface area contributed by atoms with Crippen LogP contribution < -0.4 is 10.6 Å². The van der Waals surface area contributed by atoms with Gasteiger partial charge in [-0.05, 0) is 30.3 Å². The van der Waals surface area contributed by atoms with E-state index in [1.165, 1.54) is 0 Å². The fraction of sp³-hybridized carbons (Fsp3) is 0.500. The number of nitrogens with zero attached hydrogens (tertiary/aromatic N) is 1. The number of rotatable bonds is 6. The van der Waals surface area contributed by atoms with E-state index in [1.807, 2.05) is 6.92 Å². The lowest BCUT2D eigenvalue weighted by atomic mass is 10.2. The van der Waals surface area contributed by atoms with Gasteiger partial charge in [-0.15, -0.1) is 0 Å². The molecule has 2 N–H and O–H groups in total. The molecule has 0 aliphatic rings. The van der Waals surface area contributed by atoms with Crippen LogP contribution in [0.1, 0.15) is 23.0 Å². The Morgan fingerprint density at radius 3 is 2.65 bits per heavy atom. The van der Waals surface area contributed by atoms with Crippen LogP contribution in [-0.2, 0) is 6.42 Å². The Hall–Kier alpha value is -1.44. The summed E-state index contributed by atoms with van der Waals surface area (Å²) in [4.78, 5) is 16.1. The topological polar surface area (TPSA) is 54.0 Å². The number of carbonyl (C=O) groups is 1.